The van der Waals surface area contributed by atoms with Crippen LogP contribution in [0.15, 0.2) is 42.5 Å². The number of nitrogens with zero attached hydrogens (tertiary/aromatic N) is 2. The molecular weight excluding hydrogens is 414 g/mol. The van der Waals surface area contributed by atoms with Crippen molar-refractivity contribution in [1.82, 2.24) is 9.55 Å². The molecule has 0 unspecified atom stereocenters. The van der Waals surface area contributed by atoms with Crippen molar-refractivity contribution in [3.63, 3.8) is 0 Å². The Bertz CT molecular complexity index is 985. The molecule has 8 heteroatoms. The quantitative estimate of drug-likeness (QED) is 0.605. The molecule has 1 aliphatic rings. The predicted octanol–water partition coefficient (Wildman–Crippen LogP) is 5.11. The van der Waals surface area contributed by atoms with E-state index in [0.29, 0.717) is 21.3 Å². The monoisotopic (exact) mass is 433 g/mol. The van der Waals surface area contributed by atoms with Gasteiger partial charge in [-0.15, -0.1) is 23.5 Å². The van der Waals surface area contributed by atoms with Crippen molar-refractivity contribution in [2.75, 3.05) is 23.4 Å². The average Bonchev–Trinajstić information content (AvgIpc) is 3.02. The molecule has 2 heterocycles. The molecule has 0 spiro atoms. The van der Waals surface area contributed by atoms with Gasteiger partial charge < -0.3 is 9.30 Å². The third-order valence-corrected chi connectivity index (χ3v) is 7.69. The van der Waals surface area contributed by atoms with Crippen molar-refractivity contribution < 1.29 is 9.53 Å². The molecule has 146 valence electrons. The van der Waals surface area contributed by atoms with E-state index in [9.17, 15) is 4.79 Å². The van der Waals surface area contributed by atoms with Crippen molar-refractivity contribution in [3.05, 3.63) is 53.1 Å². The lowest BCUT2D eigenvalue weighted by molar-refractivity contribution is -0.118. The Hall–Kier alpha value is -1.83. The van der Waals surface area contributed by atoms with E-state index in [-0.39, 0.29) is 12.5 Å². The molecule has 1 fully saturated rings. The molecule has 4 rings (SSSR count). The van der Waals surface area contributed by atoms with Crippen LogP contribution in [0, 0.1) is 0 Å². The van der Waals surface area contributed by atoms with Crippen LogP contribution in [0.1, 0.15) is 16.6 Å². The van der Waals surface area contributed by atoms with Crippen LogP contribution in [-0.4, -0.2) is 33.6 Å². The van der Waals surface area contributed by atoms with Crippen LogP contribution in [0.3, 0.4) is 0 Å². The maximum atomic E-state index is 12.3. The van der Waals surface area contributed by atoms with Crippen molar-refractivity contribution in [2.24, 2.45) is 7.05 Å². The van der Waals surface area contributed by atoms with E-state index >= 15 is 0 Å². The van der Waals surface area contributed by atoms with E-state index in [0.717, 1.165) is 11.0 Å². The average molecular weight is 434 g/mol. The minimum Gasteiger partial charge on any atom is -0.484 e. The van der Waals surface area contributed by atoms with Gasteiger partial charge in [0.1, 0.15) is 5.75 Å². The topological polar surface area (TPSA) is 56.2 Å². The number of hydrogen-bond donors (Lipinski definition) is 1. The number of carbonyl (C=O) groups is 1. The number of ether oxygens (including phenoxy) is 1. The molecule has 0 atom stereocenters. The molecule has 0 radical (unpaired) electrons. The van der Waals surface area contributed by atoms with Gasteiger partial charge in [-0.1, -0.05) is 23.7 Å². The lowest BCUT2D eigenvalue weighted by atomic mass is 10.2. The van der Waals surface area contributed by atoms with Gasteiger partial charge in [-0.2, -0.15) is 0 Å². The first-order valence-corrected chi connectivity index (χ1v) is 11.5. The van der Waals surface area contributed by atoms with Crippen LogP contribution in [0.2, 0.25) is 5.02 Å². The van der Waals surface area contributed by atoms with Crippen molar-refractivity contribution >= 4 is 58.0 Å². The molecule has 1 N–H and O–H groups in total. The number of halogens is 1. The molecule has 2 aromatic carbocycles. The Balaban J connectivity index is 1.35. The van der Waals surface area contributed by atoms with Gasteiger partial charge in [0, 0.05) is 12.1 Å². The highest BCUT2D eigenvalue weighted by Gasteiger charge is 2.16. The SMILES string of the molecule is Cn1c(NC(=O)COc2ccc(C3SCCCS3)cc2)nc2cc(Cl)ccc21. The molecular formula is C20H20ClN3O2S2. The molecule has 1 aromatic heterocycles. The summed E-state index contributed by atoms with van der Waals surface area (Å²) < 4.78 is 7.95. The number of hydrogen-bond acceptors (Lipinski definition) is 5. The van der Waals surface area contributed by atoms with Crippen LogP contribution in [-0.2, 0) is 11.8 Å². The highest BCUT2D eigenvalue weighted by Crippen LogP contribution is 2.43. The number of aryl methyl sites for hydroxylation is 1. The summed E-state index contributed by atoms with van der Waals surface area (Å²) in [5.41, 5.74) is 2.93. The third kappa shape index (κ3) is 4.42. The maximum absolute atomic E-state index is 12.3. The Morgan fingerprint density at radius 3 is 2.75 bits per heavy atom. The zero-order valence-electron chi connectivity index (χ0n) is 15.4. The lowest BCUT2D eigenvalue weighted by Crippen LogP contribution is -2.22. The van der Waals surface area contributed by atoms with Gasteiger partial charge in [-0.3, -0.25) is 10.1 Å². The third-order valence-electron chi connectivity index (χ3n) is 4.44. The van der Waals surface area contributed by atoms with Crippen LogP contribution in [0.5, 0.6) is 5.75 Å². The Labute approximate surface area is 177 Å². The smallest absolute Gasteiger partial charge is 0.264 e. The number of anilines is 1. The summed E-state index contributed by atoms with van der Waals surface area (Å²) in [7, 11) is 1.85. The minimum absolute atomic E-state index is 0.0732. The molecule has 0 aliphatic carbocycles. The van der Waals surface area contributed by atoms with Crippen molar-refractivity contribution in [2.45, 2.75) is 11.0 Å². The van der Waals surface area contributed by atoms with Crippen LogP contribution in [0.25, 0.3) is 11.0 Å². The fourth-order valence-electron chi connectivity index (χ4n) is 3.00. The zero-order chi connectivity index (χ0) is 19.5. The standard InChI is InChI=1S/C20H20ClN3O2S2/c1-24-17-8-5-14(21)11-16(17)22-20(24)23-18(25)12-26-15-6-3-13(4-7-15)19-27-9-2-10-28-19/h3-8,11,19H,2,9-10,12H2,1H3,(H,22,23,25). The summed E-state index contributed by atoms with van der Waals surface area (Å²) in [5, 5.41) is 3.40. The highest BCUT2D eigenvalue weighted by atomic mass is 35.5. The van der Waals surface area contributed by atoms with Crippen LogP contribution in [0.4, 0.5) is 5.95 Å². The van der Waals surface area contributed by atoms with Gasteiger partial charge in [-0.25, -0.2) is 4.98 Å². The molecule has 0 bridgehead atoms. The van der Waals surface area contributed by atoms with E-state index in [1.54, 1.807) is 12.1 Å². The molecule has 0 saturated carbocycles. The molecule has 1 amide bonds. The van der Waals surface area contributed by atoms with Gasteiger partial charge in [-0.05, 0) is 53.8 Å². The molecule has 28 heavy (non-hydrogen) atoms. The maximum Gasteiger partial charge on any atom is 0.264 e. The van der Waals surface area contributed by atoms with Gasteiger partial charge in [0.05, 0.1) is 15.6 Å². The van der Waals surface area contributed by atoms with E-state index in [2.05, 4.69) is 22.4 Å². The van der Waals surface area contributed by atoms with E-state index < -0.39 is 0 Å². The summed E-state index contributed by atoms with van der Waals surface area (Å²) in [6, 6.07) is 13.5. The second-order valence-electron chi connectivity index (χ2n) is 6.46. The number of thioether (sulfide) groups is 2. The number of aromatic nitrogens is 2. The van der Waals surface area contributed by atoms with Crippen molar-refractivity contribution in [3.8, 4) is 5.75 Å². The van der Waals surface area contributed by atoms with Crippen LogP contribution < -0.4 is 10.1 Å². The zero-order valence-corrected chi connectivity index (χ0v) is 17.7. The number of fused-ring (bicyclic) bond motifs is 1. The second-order valence-corrected chi connectivity index (χ2v) is 9.62. The number of imidazole rings is 1. The van der Waals surface area contributed by atoms with E-state index in [4.69, 9.17) is 16.3 Å². The molecule has 5 nitrogen and oxygen atoms in total. The number of rotatable bonds is 5. The first-order valence-electron chi connectivity index (χ1n) is 8.98. The number of carbonyl (C=O) groups excluding carboxylic acids is 1. The summed E-state index contributed by atoms with van der Waals surface area (Å²) in [6.45, 7) is -0.0732. The Morgan fingerprint density at radius 2 is 2.00 bits per heavy atom. The first-order chi connectivity index (χ1) is 13.6. The van der Waals surface area contributed by atoms with Gasteiger partial charge in [0.25, 0.3) is 5.91 Å². The Kier molecular flexibility index (Phi) is 6.04. The molecule has 3 aromatic rings. The van der Waals surface area contributed by atoms with Gasteiger partial charge in [0.2, 0.25) is 5.95 Å². The first kappa shape index (κ1) is 19.5. The molecule has 1 aliphatic heterocycles. The predicted molar refractivity (Wildman–Crippen MR) is 119 cm³/mol. The second kappa shape index (κ2) is 8.68. The van der Waals surface area contributed by atoms with Gasteiger partial charge >= 0.3 is 0 Å². The summed E-state index contributed by atoms with van der Waals surface area (Å²) in [4.78, 5) is 16.7. The fourth-order valence-corrected chi connectivity index (χ4v) is 6.06. The summed E-state index contributed by atoms with van der Waals surface area (Å²) >= 11 is 9.98. The van der Waals surface area contributed by atoms with Crippen LogP contribution >= 0.6 is 35.1 Å². The van der Waals surface area contributed by atoms with E-state index in [1.165, 1.54) is 23.5 Å². The number of amides is 1. The largest absolute Gasteiger partial charge is 0.484 e. The normalized spacial score (nSPS) is 14.9. The summed E-state index contributed by atoms with van der Waals surface area (Å²) in [5.74, 6) is 3.32. The van der Waals surface area contributed by atoms with Crippen molar-refractivity contribution in [1.29, 1.82) is 0 Å². The molecule has 1 saturated heterocycles. The fraction of sp³-hybridized carbons (Fsp3) is 0.300. The van der Waals surface area contributed by atoms with Gasteiger partial charge in [0.15, 0.2) is 6.61 Å². The number of nitrogens with one attached hydrogen (secondary N) is 1. The summed E-state index contributed by atoms with van der Waals surface area (Å²) in [6.07, 6.45) is 1.28. The number of benzene rings is 2. The lowest BCUT2D eigenvalue weighted by Gasteiger charge is -2.21. The minimum atomic E-state index is -0.257. The van der Waals surface area contributed by atoms with E-state index in [1.807, 2.05) is 53.3 Å². The highest BCUT2D eigenvalue weighted by molar-refractivity contribution is 8.16. The Morgan fingerprint density at radius 1 is 1.25 bits per heavy atom.